The molecule has 6 heteroatoms. The van der Waals surface area contributed by atoms with E-state index in [9.17, 15) is 18.7 Å². The van der Waals surface area contributed by atoms with E-state index in [1.54, 1.807) is 13.8 Å². The summed E-state index contributed by atoms with van der Waals surface area (Å²) in [5, 5.41) is 17.5. The quantitative estimate of drug-likeness (QED) is 0.746. The summed E-state index contributed by atoms with van der Waals surface area (Å²) < 4.78 is 31.0. The third-order valence-corrected chi connectivity index (χ3v) is 2.55. The highest BCUT2D eigenvalue weighted by molar-refractivity contribution is 5.76. The number of ether oxygens (including phenoxy) is 1. The molecule has 0 saturated carbocycles. The predicted molar refractivity (Wildman–Crippen MR) is 46.7 cm³/mol. The van der Waals surface area contributed by atoms with Crippen LogP contribution in [0.25, 0.3) is 0 Å². The van der Waals surface area contributed by atoms with E-state index in [2.05, 4.69) is 0 Å². The molecule has 15 heavy (non-hydrogen) atoms. The highest BCUT2D eigenvalue weighted by Crippen LogP contribution is 2.36. The van der Waals surface area contributed by atoms with Crippen LogP contribution in [0.3, 0.4) is 0 Å². The fourth-order valence-corrected chi connectivity index (χ4v) is 1.71. The van der Waals surface area contributed by atoms with Crippen LogP contribution in [0.2, 0.25) is 0 Å². The van der Waals surface area contributed by atoms with Crippen LogP contribution in [0.4, 0.5) is 8.78 Å². The molecule has 1 aliphatic heterocycles. The number of hydrogen-bond acceptors (Lipinski definition) is 3. The van der Waals surface area contributed by atoms with Gasteiger partial charge in [0, 0.05) is 5.92 Å². The van der Waals surface area contributed by atoms with E-state index >= 15 is 0 Å². The molecule has 2 N–H and O–H groups in total. The normalized spacial score (nSPS) is 27.7. The lowest BCUT2D eigenvalue weighted by molar-refractivity contribution is -0.187. The molecule has 1 aliphatic rings. The van der Waals surface area contributed by atoms with Gasteiger partial charge in [0.2, 0.25) is 0 Å². The molecule has 1 rings (SSSR count). The molecule has 0 spiro atoms. The standard InChI is InChI=1S/C9H14F2O4/c1-8(2)3-5(4-15-8)6(12)9(10,11)7(13)14/h5-6,12H,3-4H2,1-2H3,(H,13,14). The first-order valence-corrected chi connectivity index (χ1v) is 4.60. The van der Waals surface area contributed by atoms with Gasteiger partial charge in [0.05, 0.1) is 12.2 Å². The Bertz CT molecular complexity index is 265. The topological polar surface area (TPSA) is 66.8 Å². The average molecular weight is 224 g/mol. The molecule has 0 aromatic heterocycles. The first-order chi connectivity index (χ1) is 6.67. The summed E-state index contributed by atoms with van der Waals surface area (Å²) >= 11 is 0. The largest absolute Gasteiger partial charge is 0.477 e. The van der Waals surface area contributed by atoms with Gasteiger partial charge < -0.3 is 14.9 Å². The molecular formula is C9H14F2O4. The fraction of sp³-hybridized carbons (Fsp3) is 0.889. The summed E-state index contributed by atoms with van der Waals surface area (Å²) in [6.45, 7) is 3.37. The van der Waals surface area contributed by atoms with Gasteiger partial charge in [0.1, 0.15) is 6.10 Å². The minimum Gasteiger partial charge on any atom is -0.477 e. The lowest BCUT2D eigenvalue weighted by Gasteiger charge is -2.23. The molecule has 1 fully saturated rings. The van der Waals surface area contributed by atoms with Crippen molar-refractivity contribution in [1.82, 2.24) is 0 Å². The Morgan fingerprint density at radius 1 is 1.60 bits per heavy atom. The monoisotopic (exact) mass is 224 g/mol. The van der Waals surface area contributed by atoms with E-state index in [4.69, 9.17) is 9.84 Å². The molecule has 0 amide bonds. The van der Waals surface area contributed by atoms with E-state index in [-0.39, 0.29) is 13.0 Å². The van der Waals surface area contributed by atoms with Gasteiger partial charge in [-0.1, -0.05) is 0 Å². The van der Waals surface area contributed by atoms with E-state index in [1.807, 2.05) is 0 Å². The number of carboxylic acids is 1. The summed E-state index contributed by atoms with van der Waals surface area (Å²) in [5.41, 5.74) is -0.583. The van der Waals surface area contributed by atoms with E-state index < -0.39 is 29.5 Å². The lowest BCUT2D eigenvalue weighted by atomic mass is 9.90. The van der Waals surface area contributed by atoms with Crippen molar-refractivity contribution in [1.29, 1.82) is 0 Å². The van der Waals surface area contributed by atoms with Crippen LogP contribution in [0.1, 0.15) is 20.3 Å². The van der Waals surface area contributed by atoms with Crippen molar-refractivity contribution >= 4 is 5.97 Å². The maximum Gasteiger partial charge on any atom is 0.377 e. The second kappa shape index (κ2) is 3.68. The summed E-state index contributed by atoms with van der Waals surface area (Å²) in [7, 11) is 0. The van der Waals surface area contributed by atoms with E-state index in [0.29, 0.717) is 0 Å². The summed E-state index contributed by atoms with van der Waals surface area (Å²) in [5.74, 6) is -7.26. The van der Waals surface area contributed by atoms with Gasteiger partial charge in [-0.2, -0.15) is 8.78 Å². The van der Waals surface area contributed by atoms with Crippen molar-refractivity contribution < 1.29 is 28.5 Å². The minimum atomic E-state index is -4.12. The number of alkyl halides is 2. The van der Waals surface area contributed by atoms with Crippen molar-refractivity contribution in [3.05, 3.63) is 0 Å². The number of aliphatic carboxylic acids is 1. The molecule has 0 radical (unpaired) electrons. The molecule has 88 valence electrons. The molecule has 1 saturated heterocycles. The first-order valence-electron chi connectivity index (χ1n) is 4.60. The smallest absolute Gasteiger partial charge is 0.377 e. The van der Waals surface area contributed by atoms with Gasteiger partial charge in [-0.05, 0) is 20.3 Å². The summed E-state index contributed by atoms with van der Waals surface area (Å²) in [4.78, 5) is 10.2. The average Bonchev–Trinajstić information content (AvgIpc) is 2.44. The number of rotatable bonds is 3. The Balaban J connectivity index is 2.70. The van der Waals surface area contributed by atoms with Crippen molar-refractivity contribution in [3.63, 3.8) is 0 Å². The van der Waals surface area contributed by atoms with Gasteiger partial charge >= 0.3 is 11.9 Å². The molecule has 1 heterocycles. The molecule has 0 aromatic rings. The highest BCUT2D eigenvalue weighted by atomic mass is 19.3. The number of halogens is 2. The van der Waals surface area contributed by atoms with E-state index in [0.717, 1.165) is 0 Å². The number of hydrogen-bond donors (Lipinski definition) is 2. The Labute approximate surface area is 85.8 Å². The van der Waals surface area contributed by atoms with Gasteiger partial charge in [-0.3, -0.25) is 0 Å². The molecular weight excluding hydrogens is 210 g/mol. The molecule has 0 aromatic carbocycles. The third kappa shape index (κ3) is 2.43. The summed E-state index contributed by atoms with van der Waals surface area (Å²) in [6.07, 6.45) is -1.98. The SMILES string of the molecule is CC1(C)CC(C(O)C(F)(F)C(=O)O)CO1. The maximum absolute atomic E-state index is 12.9. The third-order valence-electron chi connectivity index (χ3n) is 2.55. The van der Waals surface area contributed by atoms with E-state index in [1.165, 1.54) is 0 Å². The zero-order chi connectivity index (χ0) is 11.9. The van der Waals surface area contributed by atoms with Crippen LogP contribution in [-0.4, -0.2) is 40.4 Å². The zero-order valence-corrected chi connectivity index (χ0v) is 8.54. The van der Waals surface area contributed by atoms with Crippen LogP contribution in [0.15, 0.2) is 0 Å². The van der Waals surface area contributed by atoms with Gasteiger partial charge in [0.15, 0.2) is 0 Å². The lowest BCUT2D eigenvalue weighted by Crippen LogP contribution is -2.46. The second-order valence-electron chi connectivity index (χ2n) is 4.41. The van der Waals surface area contributed by atoms with Crippen molar-refractivity contribution in [3.8, 4) is 0 Å². The molecule has 4 nitrogen and oxygen atoms in total. The van der Waals surface area contributed by atoms with Gasteiger partial charge in [-0.15, -0.1) is 0 Å². The number of carbonyl (C=O) groups is 1. The number of aliphatic hydroxyl groups excluding tert-OH is 1. The fourth-order valence-electron chi connectivity index (χ4n) is 1.71. The highest BCUT2D eigenvalue weighted by Gasteiger charge is 2.53. The number of carboxylic acid groups (broad SMARTS) is 1. The van der Waals surface area contributed by atoms with Crippen LogP contribution in [-0.2, 0) is 9.53 Å². The molecule has 2 atom stereocenters. The Hall–Kier alpha value is -0.750. The Morgan fingerprint density at radius 3 is 2.47 bits per heavy atom. The second-order valence-corrected chi connectivity index (χ2v) is 4.41. The van der Waals surface area contributed by atoms with Crippen molar-refractivity contribution in [2.75, 3.05) is 6.61 Å². The van der Waals surface area contributed by atoms with Crippen molar-refractivity contribution in [2.45, 2.75) is 37.9 Å². The van der Waals surface area contributed by atoms with Gasteiger partial charge in [0.25, 0.3) is 0 Å². The predicted octanol–water partition coefficient (Wildman–Crippen LogP) is 0.882. The summed E-state index contributed by atoms with van der Waals surface area (Å²) in [6, 6.07) is 0. The molecule has 0 aliphatic carbocycles. The first kappa shape index (κ1) is 12.3. The van der Waals surface area contributed by atoms with Crippen LogP contribution >= 0.6 is 0 Å². The van der Waals surface area contributed by atoms with Crippen LogP contribution in [0.5, 0.6) is 0 Å². The maximum atomic E-state index is 12.9. The van der Waals surface area contributed by atoms with Gasteiger partial charge in [-0.25, -0.2) is 4.79 Å². The van der Waals surface area contributed by atoms with Crippen molar-refractivity contribution in [2.24, 2.45) is 5.92 Å². The molecule has 2 unspecified atom stereocenters. The number of aliphatic hydroxyl groups is 1. The Kier molecular flexibility index (Phi) is 3.02. The zero-order valence-electron chi connectivity index (χ0n) is 8.54. The Morgan fingerprint density at radius 2 is 2.13 bits per heavy atom. The van der Waals surface area contributed by atoms with Crippen LogP contribution < -0.4 is 0 Å². The van der Waals surface area contributed by atoms with Crippen LogP contribution in [0, 0.1) is 5.92 Å². The minimum absolute atomic E-state index is 0.0446. The molecule has 0 bridgehead atoms.